The van der Waals surface area contributed by atoms with Crippen LogP contribution in [0.25, 0.3) is 0 Å². The molecule has 0 aromatic rings. The number of aliphatic hydroxyl groups is 4. The Hall–Kier alpha value is -1.30. The van der Waals surface area contributed by atoms with Crippen LogP contribution in [0.2, 0.25) is 0 Å². The molecule has 0 spiro atoms. The van der Waals surface area contributed by atoms with Crippen molar-refractivity contribution in [2.75, 3.05) is 19.8 Å². The lowest BCUT2D eigenvalue weighted by atomic mass is 9.99. The second-order valence-corrected chi connectivity index (χ2v) is 15.9. The van der Waals surface area contributed by atoms with Crippen molar-refractivity contribution in [2.24, 2.45) is 0 Å². The molecule has 0 bridgehead atoms. The Bertz CT molecular complexity index is 855. The Morgan fingerprint density at radius 3 is 1.26 bits per heavy atom. The number of unbranched alkanes of at least 4 members (excludes halogenated alkanes) is 27. The summed E-state index contributed by atoms with van der Waals surface area (Å²) in [5.74, 6) is -0.798. The van der Waals surface area contributed by atoms with E-state index in [1.165, 1.54) is 141 Å². The van der Waals surface area contributed by atoms with E-state index in [4.69, 9.17) is 18.9 Å². The van der Waals surface area contributed by atoms with E-state index >= 15 is 0 Å². The average molecular weight is 773 g/mol. The molecule has 1 saturated heterocycles. The Morgan fingerprint density at radius 2 is 0.870 bits per heavy atom. The molecule has 0 aliphatic carbocycles. The minimum absolute atomic E-state index is 0.210. The van der Waals surface area contributed by atoms with Crippen LogP contribution in [0.15, 0.2) is 0 Å². The molecule has 1 heterocycles. The van der Waals surface area contributed by atoms with Gasteiger partial charge in [-0.3, -0.25) is 9.59 Å². The highest BCUT2D eigenvalue weighted by molar-refractivity contribution is 5.70. The number of carbonyl (C=O) groups excluding carboxylic acids is 2. The Kier molecular flexibility index (Phi) is 33.9. The van der Waals surface area contributed by atoms with Crippen molar-refractivity contribution in [3.8, 4) is 0 Å². The van der Waals surface area contributed by atoms with Gasteiger partial charge in [-0.1, -0.05) is 187 Å². The summed E-state index contributed by atoms with van der Waals surface area (Å²) in [7, 11) is 0. The van der Waals surface area contributed by atoms with Crippen molar-refractivity contribution in [2.45, 2.75) is 250 Å². The monoisotopic (exact) mass is 773 g/mol. The van der Waals surface area contributed by atoms with Crippen LogP contribution in [-0.4, -0.2) is 89.0 Å². The molecule has 0 amide bonds. The molecule has 10 nitrogen and oxygen atoms in total. The van der Waals surface area contributed by atoms with Crippen molar-refractivity contribution in [1.29, 1.82) is 0 Å². The van der Waals surface area contributed by atoms with E-state index in [0.717, 1.165) is 38.5 Å². The number of rotatable bonds is 38. The topological polar surface area (TPSA) is 152 Å². The molecule has 1 fully saturated rings. The second kappa shape index (κ2) is 36.1. The first-order valence-electron chi connectivity index (χ1n) is 22.6. The van der Waals surface area contributed by atoms with E-state index in [1.54, 1.807) is 0 Å². The third kappa shape index (κ3) is 27.3. The lowest BCUT2D eigenvalue weighted by Crippen LogP contribution is -2.59. The summed E-state index contributed by atoms with van der Waals surface area (Å²) in [4.78, 5) is 25.2. The van der Waals surface area contributed by atoms with Gasteiger partial charge in [0.05, 0.1) is 13.2 Å². The summed E-state index contributed by atoms with van der Waals surface area (Å²) >= 11 is 0. The predicted molar refractivity (Wildman–Crippen MR) is 215 cm³/mol. The van der Waals surface area contributed by atoms with Gasteiger partial charge in [0.25, 0.3) is 0 Å². The quantitative estimate of drug-likeness (QED) is 0.0353. The number of hydrogen-bond acceptors (Lipinski definition) is 10. The van der Waals surface area contributed by atoms with Crippen LogP contribution in [-0.2, 0) is 28.5 Å². The largest absolute Gasteiger partial charge is 0.462 e. The smallest absolute Gasteiger partial charge is 0.306 e. The van der Waals surface area contributed by atoms with E-state index in [-0.39, 0.29) is 32.0 Å². The highest BCUT2D eigenvalue weighted by atomic mass is 16.7. The first kappa shape index (κ1) is 50.7. The second-order valence-electron chi connectivity index (χ2n) is 15.9. The van der Waals surface area contributed by atoms with Gasteiger partial charge in [-0.05, 0) is 12.8 Å². The molecule has 4 N–H and O–H groups in total. The van der Waals surface area contributed by atoms with Gasteiger partial charge in [-0.15, -0.1) is 0 Å². The number of hydrogen-bond donors (Lipinski definition) is 4. The lowest BCUT2D eigenvalue weighted by molar-refractivity contribution is -0.305. The van der Waals surface area contributed by atoms with Gasteiger partial charge in [0.15, 0.2) is 12.4 Å². The molecule has 10 heteroatoms. The number of aliphatic hydroxyl groups excluding tert-OH is 4. The number of ether oxygens (including phenoxy) is 4. The normalized spacial score (nSPS) is 20.6. The molecule has 1 rings (SSSR count). The third-order valence-corrected chi connectivity index (χ3v) is 10.7. The van der Waals surface area contributed by atoms with Gasteiger partial charge >= 0.3 is 11.9 Å². The maximum Gasteiger partial charge on any atom is 0.306 e. The summed E-state index contributed by atoms with van der Waals surface area (Å²) in [6, 6.07) is 0. The van der Waals surface area contributed by atoms with Gasteiger partial charge in [-0.25, -0.2) is 0 Å². The van der Waals surface area contributed by atoms with Gasteiger partial charge in [0.2, 0.25) is 0 Å². The zero-order valence-corrected chi connectivity index (χ0v) is 34.7. The SMILES string of the molecule is CCCCCCCCCCCCCCCCCCCCCCCC(=O)O[C@H](COC(=O)CCCCCCCCCC)CO[C@@H]1O[C@H](CO)[C@H](O)C(O)C1O. The fourth-order valence-corrected chi connectivity index (χ4v) is 7.13. The highest BCUT2D eigenvalue weighted by Crippen LogP contribution is 2.23. The van der Waals surface area contributed by atoms with E-state index in [2.05, 4.69) is 13.8 Å². The molecule has 2 unspecified atom stereocenters. The minimum atomic E-state index is -1.59. The zero-order valence-electron chi connectivity index (χ0n) is 34.7. The van der Waals surface area contributed by atoms with Crippen molar-refractivity contribution in [1.82, 2.24) is 0 Å². The summed E-state index contributed by atoms with van der Waals surface area (Å²) in [5.41, 5.74) is 0. The van der Waals surface area contributed by atoms with Crippen molar-refractivity contribution in [3.05, 3.63) is 0 Å². The summed E-state index contributed by atoms with van der Waals surface area (Å²) < 4.78 is 22.1. The molecule has 1 aliphatic rings. The van der Waals surface area contributed by atoms with E-state index < -0.39 is 49.4 Å². The van der Waals surface area contributed by atoms with Crippen molar-refractivity contribution >= 4 is 11.9 Å². The number of carbonyl (C=O) groups is 2. The van der Waals surface area contributed by atoms with Crippen molar-refractivity contribution in [3.63, 3.8) is 0 Å². The third-order valence-electron chi connectivity index (χ3n) is 10.7. The van der Waals surface area contributed by atoms with Crippen LogP contribution in [0, 0.1) is 0 Å². The molecular weight excluding hydrogens is 688 g/mol. The Balaban J connectivity index is 2.23. The van der Waals surface area contributed by atoms with Crippen LogP contribution >= 0.6 is 0 Å². The zero-order chi connectivity index (χ0) is 39.5. The summed E-state index contributed by atoms with van der Waals surface area (Å²) in [5, 5.41) is 40.0. The molecule has 0 saturated carbocycles. The average Bonchev–Trinajstić information content (AvgIpc) is 3.17. The van der Waals surface area contributed by atoms with Gasteiger partial charge < -0.3 is 39.4 Å². The van der Waals surface area contributed by atoms with Crippen LogP contribution in [0.4, 0.5) is 0 Å². The fourth-order valence-electron chi connectivity index (χ4n) is 7.13. The maximum absolute atomic E-state index is 12.7. The lowest BCUT2D eigenvalue weighted by Gasteiger charge is -2.39. The predicted octanol–water partition coefficient (Wildman–Crippen LogP) is 9.39. The molecule has 0 radical (unpaired) electrons. The summed E-state index contributed by atoms with van der Waals surface area (Å²) in [6.07, 6.45) is 28.5. The molecule has 6 atom stereocenters. The maximum atomic E-state index is 12.7. The van der Waals surface area contributed by atoms with Crippen molar-refractivity contribution < 1.29 is 49.0 Å². The molecule has 320 valence electrons. The van der Waals surface area contributed by atoms with Crippen LogP contribution < -0.4 is 0 Å². The van der Waals surface area contributed by atoms with E-state index in [1.807, 2.05) is 0 Å². The van der Waals surface area contributed by atoms with Gasteiger partial charge in [0, 0.05) is 12.8 Å². The van der Waals surface area contributed by atoms with E-state index in [9.17, 15) is 30.0 Å². The molecule has 0 aromatic heterocycles. The standard InChI is InChI=1S/C44H84O10/c1-3-5-7-9-11-13-14-15-16-17-18-19-20-21-22-23-24-25-27-29-31-33-40(47)53-37(35-51-39(46)32-30-28-26-12-10-8-6-4-2)36-52-44-43(50)42(49)41(48)38(34-45)54-44/h37-38,41-45,48-50H,3-36H2,1-2H3/t37-,38-,41+,42?,43?,44-/m1/s1. The Morgan fingerprint density at radius 1 is 0.500 bits per heavy atom. The van der Waals surface area contributed by atoms with E-state index in [0.29, 0.717) is 6.42 Å². The first-order valence-corrected chi connectivity index (χ1v) is 22.6. The molecular formula is C44H84O10. The van der Waals surface area contributed by atoms with Gasteiger partial charge in [0.1, 0.15) is 31.0 Å². The fraction of sp³-hybridized carbons (Fsp3) is 0.955. The van der Waals surface area contributed by atoms with Crippen LogP contribution in [0.3, 0.4) is 0 Å². The Labute approximate surface area is 329 Å². The molecule has 54 heavy (non-hydrogen) atoms. The molecule has 1 aliphatic heterocycles. The molecule has 0 aromatic carbocycles. The van der Waals surface area contributed by atoms with Crippen LogP contribution in [0.1, 0.15) is 213 Å². The minimum Gasteiger partial charge on any atom is -0.462 e. The number of esters is 2. The van der Waals surface area contributed by atoms with Gasteiger partial charge in [-0.2, -0.15) is 0 Å². The summed E-state index contributed by atoms with van der Waals surface area (Å²) in [6.45, 7) is 3.41. The first-order chi connectivity index (χ1) is 26.3. The highest BCUT2D eigenvalue weighted by Gasteiger charge is 2.44. The van der Waals surface area contributed by atoms with Crippen LogP contribution in [0.5, 0.6) is 0 Å².